The predicted octanol–water partition coefficient (Wildman–Crippen LogP) is 2.72. The van der Waals surface area contributed by atoms with Crippen LogP contribution >= 0.6 is 0 Å². The third kappa shape index (κ3) is 6.06. The van der Waals surface area contributed by atoms with E-state index in [0.717, 1.165) is 32.4 Å². The van der Waals surface area contributed by atoms with Gasteiger partial charge in [-0.1, -0.05) is 39.0 Å². The molecular weight excluding hydrogens is 214 g/mol. The van der Waals surface area contributed by atoms with Crippen molar-refractivity contribution in [2.45, 2.75) is 70.8 Å². The smallest absolute Gasteiger partial charge is 0.222 e. The second kappa shape index (κ2) is 8.51. The van der Waals surface area contributed by atoms with E-state index in [2.05, 4.69) is 6.92 Å². The van der Waals surface area contributed by atoms with E-state index < -0.39 is 0 Å². The van der Waals surface area contributed by atoms with Gasteiger partial charge in [-0.15, -0.1) is 0 Å². The van der Waals surface area contributed by atoms with Gasteiger partial charge in [0.05, 0.1) is 6.10 Å². The number of piperidine rings is 1. The molecule has 17 heavy (non-hydrogen) atoms. The summed E-state index contributed by atoms with van der Waals surface area (Å²) < 4.78 is 0. The molecule has 1 saturated heterocycles. The summed E-state index contributed by atoms with van der Waals surface area (Å²) in [6.45, 7) is 3.71. The van der Waals surface area contributed by atoms with Gasteiger partial charge in [0, 0.05) is 19.5 Å². The molecule has 0 aromatic rings. The fourth-order valence-electron chi connectivity index (χ4n) is 2.33. The molecule has 1 heterocycles. The minimum atomic E-state index is -0.187. The molecule has 1 N–H and O–H groups in total. The molecule has 1 rings (SSSR count). The van der Waals surface area contributed by atoms with Crippen LogP contribution in [-0.2, 0) is 4.79 Å². The molecule has 0 aliphatic carbocycles. The van der Waals surface area contributed by atoms with Gasteiger partial charge in [0.25, 0.3) is 0 Å². The van der Waals surface area contributed by atoms with Gasteiger partial charge >= 0.3 is 0 Å². The molecule has 3 nitrogen and oxygen atoms in total. The summed E-state index contributed by atoms with van der Waals surface area (Å²) in [6, 6.07) is 0. The van der Waals surface area contributed by atoms with Crippen LogP contribution in [0.15, 0.2) is 0 Å². The number of aliphatic hydroxyl groups excluding tert-OH is 1. The Morgan fingerprint density at radius 3 is 2.35 bits per heavy atom. The number of unbranched alkanes of at least 4 members (excludes halogenated alkanes) is 5. The fourth-order valence-corrected chi connectivity index (χ4v) is 2.33. The SMILES string of the molecule is CCCCCCCCC(=O)N1CCC(O)CC1. The molecule has 0 spiro atoms. The first-order chi connectivity index (χ1) is 8.24. The highest BCUT2D eigenvalue weighted by Gasteiger charge is 2.20. The molecule has 0 bridgehead atoms. The molecule has 3 heteroatoms. The van der Waals surface area contributed by atoms with E-state index in [4.69, 9.17) is 0 Å². The van der Waals surface area contributed by atoms with E-state index in [0.29, 0.717) is 6.42 Å². The van der Waals surface area contributed by atoms with Crippen LogP contribution in [0, 0.1) is 0 Å². The summed E-state index contributed by atoms with van der Waals surface area (Å²) in [4.78, 5) is 13.8. The average Bonchev–Trinajstić information content (AvgIpc) is 2.34. The number of amides is 1. The number of hydrogen-bond acceptors (Lipinski definition) is 2. The van der Waals surface area contributed by atoms with Gasteiger partial charge in [-0.05, 0) is 19.3 Å². The number of carbonyl (C=O) groups excluding carboxylic acids is 1. The maximum absolute atomic E-state index is 11.8. The normalized spacial score (nSPS) is 17.4. The van der Waals surface area contributed by atoms with E-state index in [1.807, 2.05) is 4.90 Å². The molecule has 1 aliphatic rings. The van der Waals surface area contributed by atoms with Gasteiger partial charge in [0.2, 0.25) is 5.91 Å². The summed E-state index contributed by atoms with van der Waals surface area (Å²) >= 11 is 0. The number of aliphatic hydroxyl groups is 1. The fraction of sp³-hybridized carbons (Fsp3) is 0.929. The molecule has 100 valence electrons. The van der Waals surface area contributed by atoms with Crippen LogP contribution in [0.4, 0.5) is 0 Å². The van der Waals surface area contributed by atoms with Crippen molar-refractivity contribution in [2.75, 3.05) is 13.1 Å². The van der Waals surface area contributed by atoms with Gasteiger partial charge in [-0.25, -0.2) is 0 Å². The number of carbonyl (C=O) groups is 1. The van der Waals surface area contributed by atoms with E-state index in [1.54, 1.807) is 0 Å². The highest BCUT2D eigenvalue weighted by molar-refractivity contribution is 5.76. The zero-order valence-corrected chi connectivity index (χ0v) is 11.2. The molecule has 0 unspecified atom stereocenters. The molecular formula is C14H27NO2. The summed E-state index contributed by atoms with van der Waals surface area (Å²) in [5.74, 6) is 0.285. The lowest BCUT2D eigenvalue weighted by atomic mass is 10.1. The van der Waals surface area contributed by atoms with Gasteiger partial charge in [0.1, 0.15) is 0 Å². The Bertz CT molecular complexity index is 210. The van der Waals surface area contributed by atoms with Crippen molar-refractivity contribution in [1.29, 1.82) is 0 Å². The van der Waals surface area contributed by atoms with Crippen molar-refractivity contribution in [3.05, 3.63) is 0 Å². The molecule has 0 radical (unpaired) electrons. The van der Waals surface area contributed by atoms with Crippen LogP contribution in [0.25, 0.3) is 0 Å². The largest absolute Gasteiger partial charge is 0.393 e. The Morgan fingerprint density at radius 2 is 1.71 bits per heavy atom. The van der Waals surface area contributed by atoms with Gasteiger partial charge in [-0.2, -0.15) is 0 Å². The summed E-state index contributed by atoms with van der Waals surface area (Å²) in [5, 5.41) is 9.37. The molecule has 1 aliphatic heterocycles. The van der Waals surface area contributed by atoms with E-state index in [1.165, 1.54) is 32.1 Å². The molecule has 1 amide bonds. The Kier molecular flexibility index (Phi) is 7.25. The number of likely N-dealkylation sites (tertiary alicyclic amines) is 1. The maximum atomic E-state index is 11.8. The number of rotatable bonds is 7. The Balaban J connectivity index is 2.01. The molecule has 0 aromatic carbocycles. The van der Waals surface area contributed by atoms with E-state index >= 15 is 0 Å². The van der Waals surface area contributed by atoms with Crippen LogP contribution in [0.2, 0.25) is 0 Å². The molecule has 0 saturated carbocycles. The highest BCUT2D eigenvalue weighted by atomic mass is 16.3. The lowest BCUT2D eigenvalue weighted by molar-refractivity contribution is -0.133. The van der Waals surface area contributed by atoms with Crippen LogP contribution in [0.1, 0.15) is 64.7 Å². The highest BCUT2D eigenvalue weighted by Crippen LogP contribution is 2.13. The van der Waals surface area contributed by atoms with Gasteiger partial charge in [0.15, 0.2) is 0 Å². The third-order valence-corrected chi connectivity index (χ3v) is 3.56. The Morgan fingerprint density at radius 1 is 1.12 bits per heavy atom. The standard InChI is InChI=1S/C14H27NO2/c1-2-3-4-5-6-7-8-14(17)15-11-9-13(16)10-12-15/h13,16H,2-12H2,1H3. The minimum Gasteiger partial charge on any atom is -0.393 e. The lowest BCUT2D eigenvalue weighted by Gasteiger charge is -2.29. The van der Waals surface area contributed by atoms with Crippen LogP contribution in [-0.4, -0.2) is 35.1 Å². The monoisotopic (exact) mass is 241 g/mol. The second-order valence-corrected chi connectivity index (χ2v) is 5.13. The zero-order valence-electron chi connectivity index (χ0n) is 11.2. The second-order valence-electron chi connectivity index (χ2n) is 5.13. The van der Waals surface area contributed by atoms with Crippen LogP contribution in [0.3, 0.4) is 0 Å². The van der Waals surface area contributed by atoms with Crippen molar-refractivity contribution in [2.24, 2.45) is 0 Å². The first kappa shape index (κ1) is 14.5. The molecule has 0 atom stereocenters. The number of nitrogens with zero attached hydrogens (tertiary/aromatic N) is 1. The first-order valence-corrected chi connectivity index (χ1v) is 7.20. The van der Waals surface area contributed by atoms with Crippen LogP contribution < -0.4 is 0 Å². The first-order valence-electron chi connectivity index (χ1n) is 7.20. The Labute approximate surface area is 105 Å². The quantitative estimate of drug-likeness (QED) is 0.696. The van der Waals surface area contributed by atoms with Crippen molar-refractivity contribution in [3.63, 3.8) is 0 Å². The molecule has 1 fully saturated rings. The maximum Gasteiger partial charge on any atom is 0.222 e. The Hall–Kier alpha value is -0.570. The van der Waals surface area contributed by atoms with E-state index in [9.17, 15) is 9.90 Å². The van der Waals surface area contributed by atoms with Crippen molar-refractivity contribution in [3.8, 4) is 0 Å². The van der Waals surface area contributed by atoms with Crippen molar-refractivity contribution < 1.29 is 9.90 Å². The van der Waals surface area contributed by atoms with Gasteiger partial charge in [-0.3, -0.25) is 4.79 Å². The predicted molar refractivity (Wildman–Crippen MR) is 69.8 cm³/mol. The summed E-state index contributed by atoms with van der Waals surface area (Å²) in [6.07, 6.45) is 9.39. The average molecular weight is 241 g/mol. The lowest BCUT2D eigenvalue weighted by Crippen LogP contribution is -2.39. The van der Waals surface area contributed by atoms with Gasteiger partial charge < -0.3 is 10.0 Å². The summed E-state index contributed by atoms with van der Waals surface area (Å²) in [7, 11) is 0. The molecule has 0 aromatic heterocycles. The van der Waals surface area contributed by atoms with E-state index in [-0.39, 0.29) is 12.0 Å². The van der Waals surface area contributed by atoms with Crippen LogP contribution in [0.5, 0.6) is 0 Å². The summed E-state index contributed by atoms with van der Waals surface area (Å²) in [5.41, 5.74) is 0. The third-order valence-electron chi connectivity index (χ3n) is 3.56. The zero-order chi connectivity index (χ0) is 12.5. The number of hydrogen-bond donors (Lipinski definition) is 1. The minimum absolute atomic E-state index is 0.187. The topological polar surface area (TPSA) is 40.5 Å². The van der Waals surface area contributed by atoms with Crippen molar-refractivity contribution in [1.82, 2.24) is 4.90 Å². The van der Waals surface area contributed by atoms with Crippen molar-refractivity contribution >= 4 is 5.91 Å².